The molecule has 1 aromatic rings. The lowest BCUT2D eigenvalue weighted by molar-refractivity contribution is -0.142. The number of aryl methyl sites for hydroxylation is 2. The molecule has 1 unspecified atom stereocenters. The van der Waals surface area contributed by atoms with Crippen LogP contribution >= 0.6 is 0 Å². The zero-order valence-corrected chi connectivity index (χ0v) is 16.4. The lowest BCUT2D eigenvalue weighted by Gasteiger charge is -2.13. The molecule has 0 bridgehead atoms. The van der Waals surface area contributed by atoms with E-state index in [2.05, 4.69) is 5.32 Å². The van der Waals surface area contributed by atoms with Crippen molar-refractivity contribution in [3.05, 3.63) is 35.4 Å². The number of rotatable bonds is 8. The molecule has 0 aromatic heterocycles. The van der Waals surface area contributed by atoms with E-state index < -0.39 is 12.0 Å². The van der Waals surface area contributed by atoms with E-state index in [9.17, 15) is 14.4 Å². The van der Waals surface area contributed by atoms with E-state index in [1.165, 1.54) is 6.92 Å². The first kappa shape index (κ1) is 25.1. The molecule has 0 aliphatic rings. The van der Waals surface area contributed by atoms with Gasteiger partial charge in [0.2, 0.25) is 5.91 Å². The van der Waals surface area contributed by atoms with E-state index in [4.69, 9.17) is 5.11 Å². The molecule has 2 N–H and O–H groups in total. The molecule has 142 valence electrons. The number of amides is 1. The third kappa shape index (κ3) is 12.9. The lowest BCUT2D eigenvalue weighted by Crippen LogP contribution is -2.41. The Hall–Kier alpha value is -2.17. The van der Waals surface area contributed by atoms with Gasteiger partial charge in [0.1, 0.15) is 11.8 Å². The number of nitrogens with one attached hydrogen (secondary N) is 1. The Morgan fingerprint density at radius 1 is 1.00 bits per heavy atom. The van der Waals surface area contributed by atoms with E-state index in [1.54, 1.807) is 0 Å². The Morgan fingerprint density at radius 2 is 1.52 bits per heavy atom. The third-order valence-corrected chi connectivity index (χ3v) is 3.18. The first-order valence-electron chi connectivity index (χ1n) is 8.95. The Labute approximate surface area is 151 Å². The van der Waals surface area contributed by atoms with Gasteiger partial charge in [0.15, 0.2) is 0 Å². The zero-order valence-electron chi connectivity index (χ0n) is 16.4. The van der Waals surface area contributed by atoms with Crippen LogP contribution in [0.5, 0.6) is 0 Å². The molecule has 0 fully saturated rings. The summed E-state index contributed by atoms with van der Waals surface area (Å²) in [5, 5.41) is 11.5. The molecule has 0 saturated carbocycles. The highest BCUT2D eigenvalue weighted by molar-refractivity contribution is 5.84. The van der Waals surface area contributed by atoms with Crippen LogP contribution in [-0.4, -0.2) is 28.8 Å². The van der Waals surface area contributed by atoms with Crippen molar-refractivity contribution in [3.63, 3.8) is 0 Å². The third-order valence-electron chi connectivity index (χ3n) is 3.18. The summed E-state index contributed by atoms with van der Waals surface area (Å²) in [7, 11) is 0. The molecule has 0 saturated heterocycles. The number of carboxylic acids is 1. The summed E-state index contributed by atoms with van der Waals surface area (Å²) in [5.41, 5.74) is 2.18. The van der Waals surface area contributed by atoms with Crippen molar-refractivity contribution < 1.29 is 19.5 Å². The molecule has 0 aliphatic heterocycles. The summed E-state index contributed by atoms with van der Waals surface area (Å²) in [6, 6.07) is 6.85. The van der Waals surface area contributed by atoms with Gasteiger partial charge in [-0.3, -0.25) is 4.79 Å². The highest BCUT2D eigenvalue weighted by atomic mass is 16.4. The van der Waals surface area contributed by atoms with Gasteiger partial charge >= 0.3 is 5.97 Å². The maximum absolute atomic E-state index is 11.8. The minimum absolute atomic E-state index is 0.0878. The van der Waals surface area contributed by atoms with Crippen LogP contribution in [0.2, 0.25) is 0 Å². The standard InChI is InChI=1S/C16H21NO4.2C2H6/c1-11-3-6-13(7-4-11)8-10-15(19)17-14(16(20)21)9-5-12(2)18;2*1-2/h3-4,6-7,14H,5,8-10H2,1-2H3,(H,17,19)(H,20,21);2*1-2H3. The fourth-order valence-corrected chi connectivity index (χ4v) is 1.88. The van der Waals surface area contributed by atoms with E-state index in [1.807, 2.05) is 58.9 Å². The Bertz CT molecular complexity index is 509. The summed E-state index contributed by atoms with van der Waals surface area (Å²) in [4.78, 5) is 33.7. The number of aliphatic carboxylic acids is 1. The largest absolute Gasteiger partial charge is 0.480 e. The van der Waals surface area contributed by atoms with Crippen molar-refractivity contribution in [1.29, 1.82) is 0 Å². The van der Waals surface area contributed by atoms with Crippen molar-refractivity contribution in [2.75, 3.05) is 0 Å². The van der Waals surface area contributed by atoms with Crippen LogP contribution in [0.25, 0.3) is 0 Å². The van der Waals surface area contributed by atoms with Crippen LogP contribution in [0.1, 0.15) is 65.0 Å². The second-order valence-corrected chi connectivity index (χ2v) is 5.18. The van der Waals surface area contributed by atoms with Crippen molar-refractivity contribution >= 4 is 17.7 Å². The topological polar surface area (TPSA) is 83.5 Å². The monoisotopic (exact) mass is 351 g/mol. The van der Waals surface area contributed by atoms with Crippen molar-refractivity contribution in [3.8, 4) is 0 Å². The molecule has 5 nitrogen and oxygen atoms in total. The van der Waals surface area contributed by atoms with Gasteiger partial charge in [-0.1, -0.05) is 57.5 Å². The van der Waals surface area contributed by atoms with Crippen LogP contribution < -0.4 is 5.32 Å². The number of ketones is 1. The molecule has 0 spiro atoms. The van der Waals surface area contributed by atoms with Gasteiger partial charge in [0.05, 0.1) is 0 Å². The maximum atomic E-state index is 11.8. The van der Waals surface area contributed by atoms with Gasteiger partial charge in [-0.05, 0) is 32.3 Å². The van der Waals surface area contributed by atoms with Gasteiger partial charge in [-0.15, -0.1) is 0 Å². The summed E-state index contributed by atoms with van der Waals surface area (Å²) in [5.74, 6) is -1.51. The molecular weight excluding hydrogens is 318 g/mol. The number of benzene rings is 1. The van der Waals surface area contributed by atoms with E-state index in [0.29, 0.717) is 6.42 Å². The molecule has 0 heterocycles. The van der Waals surface area contributed by atoms with Gasteiger partial charge in [0.25, 0.3) is 0 Å². The predicted octanol–water partition coefficient (Wildman–Crippen LogP) is 3.92. The maximum Gasteiger partial charge on any atom is 0.326 e. The van der Waals surface area contributed by atoms with E-state index >= 15 is 0 Å². The molecule has 1 atom stereocenters. The highest BCUT2D eigenvalue weighted by Gasteiger charge is 2.19. The summed E-state index contributed by atoms with van der Waals surface area (Å²) in [6.07, 6.45) is 1.06. The second kappa shape index (κ2) is 15.4. The smallest absolute Gasteiger partial charge is 0.326 e. The molecule has 25 heavy (non-hydrogen) atoms. The number of carbonyl (C=O) groups is 3. The summed E-state index contributed by atoms with van der Waals surface area (Å²) >= 11 is 0. The second-order valence-electron chi connectivity index (χ2n) is 5.18. The normalized spacial score (nSPS) is 10.3. The van der Waals surface area contributed by atoms with Gasteiger partial charge in [0, 0.05) is 12.8 Å². The van der Waals surface area contributed by atoms with Gasteiger partial charge in [-0.2, -0.15) is 0 Å². The van der Waals surface area contributed by atoms with Crippen LogP contribution in [0.3, 0.4) is 0 Å². The molecule has 5 heteroatoms. The van der Waals surface area contributed by atoms with Crippen LogP contribution in [0.4, 0.5) is 0 Å². The Kier molecular flexibility index (Phi) is 15.4. The summed E-state index contributed by atoms with van der Waals surface area (Å²) in [6.45, 7) is 11.4. The molecule has 0 aliphatic carbocycles. The minimum Gasteiger partial charge on any atom is -0.480 e. The quantitative estimate of drug-likeness (QED) is 0.743. The SMILES string of the molecule is CC.CC.CC(=O)CCC(NC(=O)CCc1ccc(C)cc1)C(=O)O. The van der Waals surface area contributed by atoms with Gasteiger partial charge < -0.3 is 15.2 Å². The van der Waals surface area contributed by atoms with Crippen LogP contribution in [0.15, 0.2) is 24.3 Å². The van der Waals surface area contributed by atoms with Crippen molar-refractivity contribution in [1.82, 2.24) is 5.32 Å². The molecular formula is C20H33NO4. The van der Waals surface area contributed by atoms with Gasteiger partial charge in [-0.25, -0.2) is 4.79 Å². The average molecular weight is 351 g/mol. The molecule has 1 aromatic carbocycles. The molecule has 1 rings (SSSR count). The van der Waals surface area contributed by atoms with Crippen LogP contribution in [-0.2, 0) is 20.8 Å². The lowest BCUT2D eigenvalue weighted by atomic mass is 10.1. The molecule has 1 amide bonds. The first-order valence-corrected chi connectivity index (χ1v) is 8.95. The molecule has 0 radical (unpaired) electrons. The van der Waals surface area contributed by atoms with Crippen molar-refractivity contribution in [2.24, 2.45) is 0 Å². The summed E-state index contributed by atoms with van der Waals surface area (Å²) < 4.78 is 0. The van der Waals surface area contributed by atoms with Crippen molar-refractivity contribution in [2.45, 2.75) is 73.3 Å². The number of Topliss-reactive ketones (excluding diaryl/α,β-unsaturated/α-hetero) is 1. The first-order chi connectivity index (χ1) is 11.9. The Morgan fingerprint density at radius 3 is 1.96 bits per heavy atom. The van der Waals surface area contributed by atoms with E-state index in [-0.39, 0.29) is 31.0 Å². The fraction of sp³-hybridized carbons (Fsp3) is 0.550. The number of carbonyl (C=O) groups excluding carboxylic acids is 2. The van der Waals surface area contributed by atoms with E-state index in [0.717, 1.165) is 11.1 Å². The minimum atomic E-state index is -1.11. The van der Waals surface area contributed by atoms with Crippen LogP contribution in [0, 0.1) is 6.92 Å². The average Bonchev–Trinajstić information content (AvgIpc) is 2.61. The Balaban J connectivity index is 0. The fourth-order valence-electron chi connectivity index (χ4n) is 1.88. The highest BCUT2D eigenvalue weighted by Crippen LogP contribution is 2.06. The number of carboxylic acid groups (broad SMARTS) is 1. The zero-order chi connectivity index (χ0) is 19.8. The number of hydrogen-bond donors (Lipinski definition) is 2. The predicted molar refractivity (Wildman–Crippen MR) is 102 cm³/mol. The number of hydrogen-bond acceptors (Lipinski definition) is 3.